The molecule has 0 rings (SSSR count). The van der Waals surface area contributed by atoms with E-state index in [9.17, 15) is 0 Å². The summed E-state index contributed by atoms with van der Waals surface area (Å²) in [6.07, 6.45) is 5.68. The quantitative estimate of drug-likeness (QED) is 0.342. The van der Waals surface area contributed by atoms with Crippen LogP contribution in [0.25, 0.3) is 0 Å². The van der Waals surface area contributed by atoms with Gasteiger partial charge in [-0.1, -0.05) is 12.7 Å². The van der Waals surface area contributed by atoms with Gasteiger partial charge in [-0.2, -0.15) is 0 Å². The molecule has 0 heterocycles. The van der Waals surface area contributed by atoms with Crippen LogP contribution >= 0.6 is 0 Å². The molecule has 0 N–H and O–H groups in total. The molecule has 0 aromatic heterocycles. The number of allylic oxidation sites excluding steroid dienone is 2. The van der Waals surface area contributed by atoms with Gasteiger partial charge in [0.1, 0.15) is 0 Å². The largest absolute Gasteiger partial charge is 0.336 e. The maximum atomic E-state index is 4.08. The van der Waals surface area contributed by atoms with Gasteiger partial charge in [0, 0.05) is 19.3 Å². The van der Waals surface area contributed by atoms with Gasteiger partial charge in [-0.3, -0.25) is 4.99 Å². The van der Waals surface area contributed by atoms with Crippen LogP contribution in [-0.2, 0) is 0 Å². The summed E-state index contributed by atoms with van der Waals surface area (Å²) < 4.78 is 0. The van der Waals surface area contributed by atoms with E-state index in [0.29, 0.717) is 0 Å². The fourth-order valence-electron chi connectivity index (χ4n) is 0.588. The van der Waals surface area contributed by atoms with Crippen LogP contribution in [0.15, 0.2) is 29.4 Å². The molecule has 62 valence electrons. The Morgan fingerprint density at radius 1 is 1.64 bits per heavy atom. The van der Waals surface area contributed by atoms with Crippen LogP contribution in [0.4, 0.5) is 0 Å². The Bertz CT molecular complexity index is 168. The first-order valence-electron chi connectivity index (χ1n) is 3.76. The molecule has 0 aromatic carbocycles. The fraction of sp³-hybridized carbons (Fsp3) is 0.444. The third-order valence-corrected chi connectivity index (χ3v) is 1.25. The topological polar surface area (TPSA) is 15.6 Å². The maximum Gasteiger partial charge on any atom is 0.0891 e. The first kappa shape index (κ1) is 9.95. The molecule has 0 bridgehead atoms. The van der Waals surface area contributed by atoms with Gasteiger partial charge in [0.05, 0.1) is 6.34 Å². The number of likely N-dealkylation sites (N-methyl/N-ethyl adjacent to an activating group) is 1. The molecule has 0 amide bonds. The zero-order chi connectivity index (χ0) is 8.69. The molecule has 0 aromatic rings. The molecule has 0 fully saturated rings. The molecule has 0 aliphatic heterocycles. The van der Waals surface area contributed by atoms with E-state index in [1.807, 2.05) is 37.9 Å². The molecule has 0 aliphatic carbocycles. The summed E-state index contributed by atoms with van der Waals surface area (Å²) in [5.74, 6) is 0. The SMILES string of the molecule is C=C(/C=C\C)N(C)/C=N\CC. The van der Waals surface area contributed by atoms with Gasteiger partial charge in [0.25, 0.3) is 0 Å². The van der Waals surface area contributed by atoms with Gasteiger partial charge in [-0.05, 0) is 19.9 Å². The van der Waals surface area contributed by atoms with Crippen LogP contribution in [0.3, 0.4) is 0 Å². The Kier molecular flexibility index (Phi) is 5.17. The summed E-state index contributed by atoms with van der Waals surface area (Å²) in [6, 6.07) is 0. The Morgan fingerprint density at radius 2 is 2.27 bits per heavy atom. The maximum absolute atomic E-state index is 4.08. The number of hydrogen-bond acceptors (Lipinski definition) is 1. The third kappa shape index (κ3) is 4.37. The molecule has 0 saturated carbocycles. The molecule has 0 spiro atoms. The van der Waals surface area contributed by atoms with Crippen molar-refractivity contribution in [1.29, 1.82) is 0 Å². The van der Waals surface area contributed by atoms with Crippen LogP contribution in [0.2, 0.25) is 0 Å². The summed E-state index contributed by atoms with van der Waals surface area (Å²) in [4.78, 5) is 5.97. The van der Waals surface area contributed by atoms with Gasteiger partial charge in [0.2, 0.25) is 0 Å². The van der Waals surface area contributed by atoms with Crippen molar-refractivity contribution < 1.29 is 0 Å². The normalized spacial score (nSPS) is 11.2. The lowest BCUT2D eigenvalue weighted by Gasteiger charge is -2.11. The highest BCUT2D eigenvalue weighted by Crippen LogP contribution is 1.96. The van der Waals surface area contributed by atoms with E-state index in [1.165, 1.54) is 0 Å². The first-order chi connectivity index (χ1) is 5.22. The van der Waals surface area contributed by atoms with Crippen molar-refractivity contribution in [3.63, 3.8) is 0 Å². The van der Waals surface area contributed by atoms with Crippen molar-refractivity contribution >= 4 is 6.34 Å². The van der Waals surface area contributed by atoms with Gasteiger partial charge < -0.3 is 4.90 Å². The van der Waals surface area contributed by atoms with Crippen molar-refractivity contribution in [2.45, 2.75) is 13.8 Å². The average molecular weight is 152 g/mol. The second-order valence-corrected chi connectivity index (χ2v) is 2.22. The Balaban J connectivity index is 3.92. The van der Waals surface area contributed by atoms with E-state index in [2.05, 4.69) is 11.6 Å². The zero-order valence-corrected chi connectivity index (χ0v) is 7.54. The minimum atomic E-state index is 0.813. The highest BCUT2D eigenvalue weighted by atomic mass is 15.1. The molecular weight excluding hydrogens is 136 g/mol. The third-order valence-electron chi connectivity index (χ3n) is 1.25. The Morgan fingerprint density at radius 3 is 2.73 bits per heavy atom. The van der Waals surface area contributed by atoms with Crippen LogP contribution in [0.5, 0.6) is 0 Å². The summed E-state index contributed by atoms with van der Waals surface area (Å²) >= 11 is 0. The van der Waals surface area contributed by atoms with Gasteiger partial charge in [-0.25, -0.2) is 0 Å². The molecule has 2 heteroatoms. The molecular formula is C9H16N2. The lowest BCUT2D eigenvalue weighted by Crippen LogP contribution is -2.13. The average Bonchev–Trinajstić information content (AvgIpc) is 2.00. The van der Waals surface area contributed by atoms with E-state index in [1.54, 1.807) is 6.34 Å². The second kappa shape index (κ2) is 5.71. The summed E-state index contributed by atoms with van der Waals surface area (Å²) in [7, 11) is 1.93. The molecule has 0 saturated heterocycles. The monoisotopic (exact) mass is 152 g/mol. The smallest absolute Gasteiger partial charge is 0.0891 e. The predicted molar refractivity (Wildman–Crippen MR) is 50.8 cm³/mol. The van der Waals surface area contributed by atoms with E-state index in [0.717, 1.165) is 12.2 Å². The van der Waals surface area contributed by atoms with E-state index in [-0.39, 0.29) is 0 Å². The predicted octanol–water partition coefficient (Wildman–Crippen LogP) is 2.06. The highest BCUT2D eigenvalue weighted by molar-refractivity contribution is 5.58. The zero-order valence-electron chi connectivity index (χ0n) is 7.54. The van der Waals surface area contributed by atoms with Crippen molar-refractivity contribution in [2.24, 2.45) is 4.99 Å². The summed E-state index contributed by atoms with van der Waals surface area (Å²) in [5.41, 5.74) is 0.949. The summed E-state index contributed by atoms with van der Waals surface area (Å²) in [5, 5.41) is 0. The molecule has 0 aliphatic rings. The minimum Gasteiger partial charge on any atom is -0.336 e. The van der Waals surface area contributed by atoms with Crippen LogP contribution in [0.1, 0.15) is 13.8 Å². The van der Waals surface area contributed by atoms with E-state index < -0.39 is 0 Å². The van der Waals surface area contributed by atoms with Crippen molar-refractivity contribution in [3.8, 4) is 0 Å². The van der Waals surface area contributed by atoms with Crippen molar-refractivity contribution in [2.75, 3.05) is 13.6 Å². The number of nitrogens with zero attached hydrogens (tertiary/aromatic N) is 2. The second-order valence-electron chi connectivity index (χ2n) is 2.22. The number of rotatable bonds is 4. The van der Waals surface area contributed by atoms with Gasteiger partial charge in [-0.15, -0.1) is 0 Å². The van der Waals surface area contributed by atoms with Crippen molar-refractivity contribution in [1.82, 2.24) is 4.90 Å². The van der Waals surface area contributed by atoms with Gasteiger partial charge >= 0.3 is 0 Å². The molecule has 2 nitrogen and oxygen atoms in total. The molecule has 0 radical (unpaired) electrons. The fourth-order valence-corrected chi connectivity index (χ4v) is 0.588. The van der Waals surface area contributed by atoms with E-state index in [4.69, 9.17) is 0 Å². The molecule has 0 unspecified atom stereocenters. The lowest BCUT2D eigenvalue weighted by atomic mass is 10.4. The first-order valence-corrected chi connectivity index (χ1v) is 3.76. The lowest BCUT2D eigenvalue weighted by molar-refractivity contribution is 0.667. The Hall–Kier alpha value is -1.05. The van der Waals surface area contributed by atoms with E-state index >= 15 is 0 Å². The molecule has 0 atom stereocenters. The van der Waals surface area contributed by atoms with Crippen LogP contribution < -0.4 is 0 Å². The van der Waals surface area contributed by atoms with Crippen molar-refractivity contribution in [3.05, 3.63) is 24.4 Å². The number of aliphatic imine (C=N–C) groups is 1. The highest BCUT2D eigenvalue weighted by Gasteiger charge is 1.90. The standard InChI is InChI=1S/C9H16N2/c1-5-7-9(3)11(4)8-10-6-2/h5,7-8H,3,6H2,1-2,4H3/b7-5-,10-8-. The summed E-state index contributed by atoms with van der Waals surface area (Å²) in [6.45, 7) is 8.63. The number of hydrogen-bond donors (Lipinski definition) is 0. The molecule has 11 heavy (non-hydrogen) atoms. The van der Waals surface area contributed by atoms with Gasteiger partial charge in [0.15, 0.2) is 0 Å². The minimum absolute atomic E-state index is 0.813. The van der Waals surface area contributed by atoms with Crippen LogP contribution in [-0.4, -0.2) is 24.8 Å². The van der Waals surface area contributed by atoms with Crippen LogP contribution in [0, 0.1) is 0 Å². The Labute approximate surface area is 68.9 Å².